The van der Waals surface area contributed by atoms with E-state index in [9.17, 15) is 0 Å². The first kappa shape index (κ1) is 9.34. The van der Waals surface area contributed by atoms with Crippen molar-refractivity contribution in [3.8, 4) is 11.5 Å². The Hall–Kier alpha value is -1.22. The molecule has 14 heavy (non-hydrogen) atoms. The van der Waals surface area contributed by atoms with Gasteiger partial charge < -0.3 is 15.2 Å². The van der Waals surface area contributed by atoms with Crippen LogP contribution in [0.5, 0.6) is 11.5 Å². The normalized spacial score (nSPS) is 15.3. The SMILES string of the molecule is COc1c(CN)cccc1OC1CC1. The molecule has 76 valence electrons. The molecule has 0 radical (unpaired) electrons. The lowest BCUT2D eigenvalue weighted by molar-refractivity contribution is 0.281. The van der Waals surface area contributed by atoms with Gasteiger partial charge in [-0.3, -0.25) is 0 Å². The molecule has 1 fully saturated rings. The Morgan fingerprint density at radius 2 is 2.21 bits per heavy atom. The molecule has 1 aliphatic carbocycles. The van der Waals surface area contributed by atoms with Gasteiger partial charge in [0.05, 0.1) is 13.2 Å². The van der Waals surface area contributed by atoms with Gasteiger partial charge in [-0.1, -0.05) is 12.1 Å². The number of rotatable bonds is 4. The van der Waals surface area contributed by atoms with Crippen LogP contribution in [-0.2, 0) is 6.54 Å². The third kappa shape index (κ3) is 1.82. The van der Waals surface area contributed by atoms with E-state index in [2.05, 4.69) is 0 Å². The highest BCUT2D eigenvalue weighted by atomic mass is 16.5. The monoisotopic (exact) mass is 193 g/mol. The van der Waals surface area contributed by atoms with Crippen molar-refractivity contribution in [2.45, 2.75) is 25.5 Å². The van der Waals surface area contributed by atoms with Gasteiger partial charge in [0.2, 0.25) is 0 Å². The van der Waals surface area contributed by atoms with Gasteiger partial charge in [0.15, 0.2) is 11.5 Å². The topological polar surface area (TPSA) is 44.5 Å². The van der Waals surface area contributed by atoms with Crippen molar-refractivity contribution in [1.82, 2.24) is 0 Å². The third-order valence-electron chi connectivity index (χ3n) is 2.30. The molecule has 0 bridgehead atoms. The van der Waals surface area contributed by atoms with E-state index in [4.69, 9.17) is 15.2 Å². The first-order valence-electron chi connectivity index (χ1n) is 4.87. The van der Waals surface area contributed by atoms with Crippen LogP contribution in [0.15, 0.2) is 18.2 Å². The Bertz CT molecular complexity index is 321. The molecule has 0 aliphatic heterocycles. The Labute approximate surface area is 83.8 Å². The molecule has 0 aromatic heterocycles. The molecule has 0 saturated heterocycles. The Morgan fingerprint density at radius 3 is 2.79 bits per heavy atom. The fraction of sp³-hybridized carbons (Fsp3) is 0.455. The molecule has 1 saturated carbocycles. The molecule has 2 N–H and O–H groups in total. The summed E-state index contributed by atoms with van der Waals surface area (Å²) in [5, 5.41) is 0. The minimum absolute atomic E-state index is 0.386. The van der Waals surface area contributed by atoms with Crippen LogP contribution in [0.1, 0.15) is 18.4 Å². The van der Waals surface area contributed by atoms with E-state index >= 15 is 0 Å². The van der Waals surface area contributed by atoms with Crippen molar-refractivity contribution in [2.75, 3.05) is 7.11 Å². The second-order valence-electron chi connectivity index (χ2n) is 3.47. The van der Waals surface area contributed by atoms with Crippen molar-refractivity contribution in [1.29, 1.82) is 0 Å². The average Bonchev–Trinajstić information content (AvgIpc) is 3.01. The first-order chi connectivity index (χ1) is 6.85. The smallest absolute Gasteiger partial charge is 0.165 e. The number of para-hydroxylation sites is 1. The van der Waals surface area contributed by atoms with Gasteiger partial charge >= 0.3 is 0 Å². The molecular weight excluding hydrogens is 178 g/mol. The maximum atomic E-state index is 5.71. The number of benzene rings is 1. The fourth-order valence-electron chi connectivity index (χ4n) is 1.41. The second-order valence-corrected chi connectivity index (χ2v) is 3.47. The predicted molar refractivity (Wildman–Crippen MR) is 54.5 cm³/mol. The number of ether oxygens (including phenoxy) is 2. The summed E-state index contributed by atoms with van der Waals surface area (Å²) < 4.78 is 11.0. The maximum Gasteiger partial charge on any atom is 0.165 e. The summed E-state index contributed by atoms with van der Waals surface area (Å²) in [6.45, 7) is 0.477. The quantitative estimate of drug-likeness (QED) is 0.791. The zero-order chi connectivity index (χ0) is 9.97. The van der Waals surface area contributed by atoms with Crippen LogP contribution < -0.4 is 15.2 Å². The van der Waals surface area contributed by atoms with Crippen molar-refractivity contribution >= 4 is 0 Å². The van der Waals surface area contributed by atoms with Gasteiger partial charge in [-0.2, -0.15) is 0 Å². The highest BCUT2D eigenvalue weighted by Gasteiger charge is 2.25. The fourth-order valence-corrected chi connectivity index (χ4v) is 1.41. The van der Waals surface area contributed by atoms with Crippen LogP contribution in [0.3, 0.4) is 0 Å². The number of hydrogen-bond acceptors (Lipinski definition) is 3. The molecule has 2 rings (SSSR count). The van der Waals surface area contributed by atoms with Gasteiger partial charge in [0.25, 0.3) is 0 Å². The van der Waals surface area contributed by atoms with Crippen molar-refractivity contribution in [3.63, 3.8) is 0 Å². The highest BCUT2D eigenvalue weighted by Crippen LogP contribution is 2.35. The van der Waals surface area contributed by atoms with E-state index in [1.165, 1.54) is 0 Å². The van der Waals surface area contributed by atoms with Crippen molar-refractivity contribution in [2.24, 2.45) is 5.73 Å². The van der Waals surface area contributed by atoms with Gasteiger partial charge in [0.1, 0.15) is 0 Å². The summed E-state index contributed by atoms with van der Waals surface area (Å²) in [6.07, 6.45) is 2.68. The first-order valence-corrected chi connectivity index (χ1v) is 4.87. The van der Waals surface area contributed by atoms with E-state index < -0.39 is 0 Å². The van der Waals surface area contributed by atoms with Crippen LogP contribution in [-0.4, -0.2) is 13.2 Å². The molecule has 0 heterocycles. The van der Waals surface area contributed by atoms with Crippen molar-refractivity contribution in [3.05, 3.63) is 23.8 Å². The molecule has 1 aromatic rings. The van der Waals surface area contributed by atoms with E-state index in [1.807, 2.05) is 18.2 Å². The number of nitrogens with two attached hydrogens (primary N) is 1. The Morgan fingerprint density at radius 1 is 1.43 bits per heavy atom. The van der Waals surface area contributed by atoms with Crippen LogP contribution in [0.25, 0.3) is 0 Å². The minimum Gasteiger partial charge on any atom is -0.493 e. The summed E-state index contributed by atoms with van der Waals surface area (Å²) in [7, 11) is 1.65. The van der Waals surface area contributed by atoms with Crippen LogP contribution in [0.2, 0.25) is 0 Å². The third-order valence-corrected chi connectivity index (χ3v) is 2.30. The van der Waals surface area contributed by atoms with E-state index in [1.54, 1.807) is 7.11 Å². The molecule has 1 aliphatic rings. The van der Waals surface area contributed by atoms with Crippen LogP contribution in [0, 0.1) is 0 Å². The zero-order valence-electron chi connectivity index (χ0n) is 8.32. The molecule has 0 atom stereocenters. The summed E-state index contributed by atoms with van der Waals surface area (Å²) in [5.74, 6) is 1.60. The lowest BCUT2D eigenvalue weighted by Gasteiger charge is -2.12. The molecule has 3 nitrogen and oxygen atoms in total. The molecular formula is C11H15NO2. The van der Waals surface area contributed by atoms with Crippen molar-refractivity contribution < 1.29 is 9.47 Å². The minimum atomic E-state index is 0.386. The molecule has 0 amide bonds. The standard InChI is InChI=1S/C11H15NO2/c1-13-11-8(7-12)3-2-4-10(11)14-9-5-6-9/h2-4,9H,5-7,12H2,1H3. The summed E-state index contributed by atoms with van der Waals surface area (Å²) in [6, 6.07) is 5.83. The van der Waals surface area contributed by atoms with Gasteiger partial charge in [-0.15, -0.1) is 0 Å². The Kier molecular flexibility index (Phi) is 2.59. The average molecular weight is 193 g/mol. The molecule has 1 aromatic carbocycles. The number of methoxy groups -OCH3 is 1. The predicted octanol–water partition coefficient (Wildman–Crippen LogP) is 1.70. The van der Waals surface area contributed by atoms with E-state index in [0.717, 1.165) is 29.9 Å². The second kappa shape index (κ2) is 3.88. The van der Waals surface area contributed by atoms with Gasteiger partial charge in [-0.05, 0) is 18.9 Å². The molecule has 0 unspecified atom stereocenters. The van der Waals surface area contributed by atoms with Crippen LogP contribution >= 0.6 is 0 Å². The maximum absolute atomic E-state index is 5.71. The van der Waals surface area contributed by atoms with E-state index in [-0.39, 0.29) is 0 Å². The largest absolute Gasteiger partial charge is 0.493 e. The van der Waals surface area contributed by atoms with E-state index in [0.29, 0.717) is 12.6 Å². The molecule has 0 spiro atoms. The summed E-state index contributed by atoms with van der Waals surface area (Å²) >= 11 is 0. The van der Waals surface area contributed by atoms with Gasteiger partial charge in [-0.25, -0.2) is 0 Å². The molecule has 3 heteroatoms. The lowest BCUT2D eigenvalue weighted by atomic mass is 10.2. The summed E-state index contributed by atoms with van der Waals surface area (Å²) in [5.41, 5.74) is 6.60. The van der Waals surface area contributed by atoms with Crippen LogP contribution in [0.4, 0.5) is 0 Å². The summed E-state index contributed by atoms with van der Waals surface area (Å²) in [4.78, 5) is 0. The number of hydrogen-bond donors (Lipinski definition) is 1. The van der Waals surface area contributed by atoms with Gasteiger partial charge in [0, 0.05) is 12.1 Å². The highest BCUT2D eigenvalue weighted by molar-refractivity contribution is 5.46. The Balaban J connectivity index is 2.26. The zero-order valence-corrected chi connectivity index (χ0v) is 8.32. The lowest BCUT2D eigenvalue weighted by Crippen LogP contribution is -2.03.